The van der Waals surface area contributed by atoms with Crippen LogP contribution in [0.1, 0.15) is 50.8 Å². The quantitative estimate of drug-likeness (QED) is 0.891. The van der Waals surface area contributed by atoms with Crippen molar-refractivity contribution in [3.05, 3.63) is 22.4 Å². The Morgan fingerprint density at radius 3 is 2.68 bits per heavy atom. The molecule has 1 heterocycles. The summed E-state index contributed by atoms with van der Waals surface area (Å²) in [6.07, 6.45) is 4.97. The molecule has 19 heavy (non-hydrogen) atoms. The number of hydrogen-bond acceptors (Lipinski definition) is 3. The third-order valence-corrected chi connectivity index (χ3v) is 5.31. The van der Waals surface area contributed by atoms with Gasteiger partial charge in [-0.3, -0.25) is 4.79 Å². The van der Waals surface area contributed by atoms with Crippen molar-refractivity contribution in [2.45, 2.75) is 56.9 Å². The van der Waals surface area contributed by atoms with E-state index in [9.17, 15) is 4.79 Å². The van der Waals surface area contributed by atoms with E-state index in [4.69, 9.17) is 5.73 Å². The number of rotatable bonds is 4. The number of amides is 1. The normalized spacial score (nSPS) is 19.1. The number of carbonyl (C=O) groups is 1. The van der Waals surface area contributed by atoms with Crippen LogP contribution in [0.4, 0.5) is 0 Å². The van der Waals surface area contributed by atoms with Gasteiger partial charge in [0.2, 0.25) is 5.91 Å². The fraction of sp³-hybridized carbons (Fsp3) is 0.667. The van der Waals surface area contributed by atoms with E-state index in [0.717, 1.165) is 25.7 Å². The lowest BCUT2D eigenvalue weighted by Crippen LogP contribution is -2.56. The van der Waals surface area contributed by atoms with Gasteiger partial charge in [0, 0.05) is 16.8 Å². The summed E-state index contributed by atoms with van der Waals surface area (Å²) in [5.74, 6) is 0.0248. The first-order valence-electron chi connectivity index (χ1n) is 7.05. The van der Waals surface area contributed by atoms with Gasteiger partial charge in [-0.1, -0.05) is 39.2 Å². The first kappa shape index (κ1) is 14.5. The Morgan fingerprint density at radius 2 is 2.11 bits per heavy atom. The van der Waals surface area contributed by atoms with Gasteiger partial charge in [0.05, 0.1) is 5.54 Å². The molecule has 3 N–H and O–H groups in total. The van der Waals surface area contributed by atoms with Crippen molar-refractivity contribution >= 4 is 17.2 Å². The first-order chi connectivity index (χ1) is 8.94. The third-order valence-electron chi connectivity index (χ3n) is 4.08. The summed E-state index contributed by atoms with van der Waals surface area (Å²) in [6.45, 7) is 4.96. The van der Waals surface area contributed by atoms with Crippen LogP contribution in [0.5, 0.6) is 0 Å². The first-order valence-corrected chi connectivity index (χ1v) is 7.93. The van der Waals surface area contributed by atoms with Crippen molar-refractivity contribution in [1.82, 2.24) is 5.32 Å². The minimum atomic E-state index is -0.635. The van der Waals surface area contributed by atoms with Gasteiger partial charge in [0.25, 0.3) is 0 Å². The summed E-state index contributed by atoms with van der Waals surface area (Å²) in [5.41, 5.74) is 5.57. The highest BCUT2D eigenvalue weighted by atomic mass is 32.1. The number of thiophene rings is 1. The van der Waals surface area contributed by atoms with Crippen LogP contribution in [0, 0.1) is 0 Å². The zero-order valence-corrected chi connectivity index (χ0v) is 12.7. The van der Waals surface area contributed by atoms with Crippen LogP contribution in [-0.2, 0) is 10.2 Å². The average molecular weight is 280 g/mol. The van der Waals surface area contributed by atoms with E-state index >= 15 is 0 Å². The van der Waals surface area contributed by atoms with Crippen LogP contribution in [0.15, 0.2) is 17.5 Å². The fourth-order valence-electron chi connectivity index (χ4n) is 2.64. The molecular weight excluding hydrogens is 256 g/mol. The van der Waals surface area contributed by atoms with E-state index in [1.807, 2.05) is 0 Å². The van der Waals surface area contributed by atoms with Crippen LogP contribution < -0.4 is 11.1 Å². The lowest BCUT2D eigenvalue weighted by atomic mass is 9.81. The van der Waals surface area contributed by atoms with Crippen LogP contribution in [0.25, 0.3) is 0 Å². The van der Waals surface area contributed by atoms with Gasteiger partial charge in [-0.25, -0.2) is 0 Å². The molecular formula is C15H24N2OS. The summed E-state index contributed by atoms with van der Waals surface area (Å²) >= 11 is 1.73. The molecule has 0 spiro atoms. The maximum atomic E-state index is 12.3. The molecule has 0 atom stereocenters. The minimum absolute atomic E-state index is 0.0248. The van der Waals surface area contributed by atoms with E-state index in [0.29, 0.717) is 6.54 Å². The van der Waals surface area contributed by atoms with Gasteiger partial charge in [-0.05, 0) is 24.3 Å². The molecule has 2 rings (SSSR count). The van der Waals surface area contributed by atoms with Crippen molar-refractivity contribution in [3.8, 4) is 0 Å². The van der Waals surface area contributed by atoms with Gasteiger partial charge in [-0.2, -0.15) is 0 Å². The number of nitrogens with one attached hydrogen (secondary N) is 1. The molecule has 1 aliphatic carbocycles. The summed E-state index contributed by atoms with van der Waals surface area (Å²) in [6, 6.07) is 4.17. The largest absolute Gasteiger partial charge is 0.354 e. The second kappa shape index (κ2) is 5.63. The molecule has 0 radical (unpaired) electrons. The molecule has 106 valence electrons. The number of hydrogen-bond donors (Lipinski definition) is 2. The highest BCUT2D eigenvalue weighted by molar-refractivity contribution is 7.10. The predicted octanol–water partition coefficient (Wildman–Crippen LogP) is 2.80. The van der Waals surface area contributed by atoms with Crippen LogP contribution in [0.2, 0.25) is 0 Å². The molecule has 0 unspecified atom stereocenters. The van der Waals surface area contributed by atoms with E-state index in [1.165, 1.54) is 11.3 Å². The standard InChI is InChI=1S/C15H24N2OS/c1-14(2,12-7-6-10-19-12)11-17-13(18)15(16)8-4-3-5-9-15/h6-7,10H,3-5,8-9,11,16H2,1-2H3,(H,17,18). The second-order valence-corrected chi connectivity index (χ2v) is 7.21. The van der Waals surface area contributed by atoms with Gasteiger partial charge in [-0.15, -0.1) is 11.3 Å². The van der Waals surface area contributed by atoms with Crippen molar-refractivity contribution < 1.29 is 4.79 Å². The average Bonchev–Trinajstić information content (AvgIpc) is 2.91. The number of nitrogens with two attached hydrogens (primary N) is 1. The van der Waals surface area contributed by atoms with Crippen molar-refractivity contribution in [1.29, 1.82) is 0 Å². The van der Waals surface area contributed by atoms with Gasteiger partial charge in [0.15, 0.2) is 0 Å². The van der Waals surface area contributed by atoms with E-state index < -0.39 is 5.54 Å². The fourth-order valence-corrected chi connectivity index (χ4v) is 3.49. The highest BCUT2D eigenvalue weighted by Crippen LogP contribution is 2.28. The molecule has 0 bridgehead atoms. The summed E-state index contributed by atoms with van der Waals surface area (Å²) in [7, 11) is 0. The zero-order valence-electron chi connectivity index (χ0n) is 11.9. The van der Waals surface area contributed by atoms with Crippen molar-refractivity contribution in [2.75, 3.05) is 6.54 Å². The third kappa shape index (κ3) is 3.37. The molecule has 1 amide bonds. The maximum Gasteiger partial charge on any atom is 0.240 e. The predicted molar refractivity (Wildman–Crippen MR) is 80.4 cm³/mol. The molecule has 0 saturated heterocycles. The summed E-state index contributed by atoms with van der Waals surface area (Å²) < 4.78 is 0. The van der Waals surface area contributed by atoms with Gasteiger partial charge in [0.1, 0.15) is 0 Å². The zero-order chi connectivity index (χ0) is 13.9. The monoisotopic (exact) mass is 280 g/mol. The molecule has 1 aliphatic rings. The minimum Gasteiger partial charge on any atom is -0.354 e. The maximum absolute atomic E-state index is 12.3. The molecule has 0 aliphatic heterocycles. The summed E-state index contributed by atoms with van der Waals surface area (Å²) in [4.78, 5) is 13.6. The van der Waals surface area contributed by atoms with E-state index in [-0.39, 0.29) is 11.3 Å². The second-order valence-electron chi connectivity index (χ2n) is 6.26. The molecule has 1 saturated carbocycles. The highest BCUT2D eigenvalue weighted by Gasteiger charge is 2.36. The number of carbonyl (C=O) groups excluding carboxylic acids is 1. The Kier molecular flexibility index (Phi) is 4.31. The Morgan fingerprint density at radius 1 is 1.42 bits per heavy atom. The van der Waals surface area contributed by atoms with Gasteiger partial charge >= 0.3 is 0 Å². The molecule has 1 aromatic rings. The van der Waals surface area contributed by atoms with Crippen molar-refractivity contribution in [2.24, 2.45) is 5.73 Å². The molecule has 0 aromatic carbocycles. The van der Waals surface area contributed by atoms with Crippen LogP contribution >= 0.6 is 11.3 Å². The van der Waals surface area contributed by atoms with Crippen LogP contribution in [-0.4, -0.2) is 18.0 Å². The van der Waals surface area contributed by atoms with E-state index in [2.05, 4.69) is 36.7 Å². The lowest BCUT2D eigenvalue weighted by molar-refractivity contribution is -0.127. The van der Waals surface area contributed by atoms with E-state index in [1.54, 1.807) is 11.3 Å². The van der Waals surface area contributed by atoms with Crippen LogP contribution in [0.3, 0.4) is 0 Å². The topological polar surface area (TPSA) is 55.1 Å². The smallest absolute Gasteiger partial charge is 0.240 e. The molecule has 4 heteroatoms. The SMILES string of the molecule is CC(C)(CNC(=O)C1(N)CCCCC1)c1cccs1. The molecule has 3 nitrogen and oxygen atoms in total. The molecule has 1 fully saturated rings. The van der Waals surface area contributed by atoms with Gasteiger partial charge < -0.3 is 11.1 Å². The Hall–Kier alpha value is -0.870. The summed E-state index contributed by atoms with van der Waals surface area (Å²) in [5, 5.41) is 5.14. The Bertz CT molecular complexity index is 419. The lowest BCUT2D eigenvalue weighted by Gasteiger charge is -2.33. The Labute approximate surface area is 119 Å². The molecule has 1 aromatic heterocycles. The van der Waals surface area contributed by atoms with Crippen molar-refractivity contribution in [3.63, 3.8) is 0 Å². The Balaban J connectivity index is 1.93.